The van der Waals surface area contributed by atoms with Gasteiger partial charge in [0.1, 0.15) is 6.54 Å². The van der Waals surface area contributed by atoms with Crippen LogP contribution in [0.5, 0.6) is 0 Å². The van der Waals surface area contributed by atoms with Gasteiger partial charge in [0.15, 0.2) is 5.96 Å². The Hall–Kier alpha value is -1.57. The highest BCUT2D eigenvalue weighted by molar-refractivity contribution is 14.0. The molecule has 1 aromatic carbocycles. The number of guanidine groups is 1. The van der Waals surface area contributed by atoms with Gasteiger partial charge in [-0.3, -0.25) is 4.79 Å². The Morgan fingerprint density at radius 2 is 1.96 bits per heavy atom. The molecule has 0 aliphatic heterocycles. The van der Waals surface area contributed by atoms with Crippen LogP contribution in [-0.4, -0.2) is 50.5 Å². The predicted octanol–water partition coefficient (Wildman–Crippen LogP) is 2.54. The highest BCUT2D eigenvalue weighted by Crippen LogP contribution is 2.43. The lowest BCUT2D eigenvalue weighted by Crippen LogP contribution is -2.49. The van der Waals surface area contributed by atoms with Gasteiger partial charge in [-0.15, -0.1) is 30.6 Å². The molecule has 1 aliphatic rings. The molecule has 1 fully saturated rings. The molecule has 2 N–H and O–H groups in total. The second kappa shape index (κ2) is 10.4. The maximum Gasteiger partial charge on any atom is 0.243 e. The molecule has 0 saturated heterocycles. The molecule has 0 atom stereocenters. The van der Waals surface area contributed by atoms with E-state index in [1.165, 1.54) is 24.8 Å². The van der Waals surface area contributed by atoms with Crippen molar-refractivity contribution < 1.29 is 4.79 Å². The third-order valence-corrected chi connectivity index (χ3v) is 4.58. The van der Waals surface area contributed by atoms with Gasteiger partial charge in [0.2, 0.25) is 5.91 Å². The molecule has 2 rings (SSSR count). The summed E-state index contributed by atoms with van der Waals surface area (Å²) in [6.45, 7) is 5.28. The Kier molecular flexibility index (Phi) is 8.96. The number of carbonyl (C=O) groups is 1. The van der Waals surface area contributed by atoms with Crippen LogP contribution in [0.15, 0.2) is 48.0 Å². The maximum atomic E-state index is 11.8. The fraction of sp³-hybridized carbons (Fsp3) is 0.474. The van der Waals surface area contributed by atoms with E-state index >= 15 is 0 Å². The van der Waals surface area contributed by atoms with Crippen molar-refractivity contribution in [3.8, 4) is 0 Å². The van der Waals surface area contributed by atoms with Gasteiger partial charge in [-0.1, -0.05) is 42.8 Å². The molecule has 5 nitrogen and oxygen atoms in total. The van der Waals surface area contributed by atoms with Crippen LogP contribution in [0.25, 0.3) is 0 Å². The standard InChI is InChI=1S/C19H28N4O.HI/c1-4-13-20-18(21-14-17(24)23(2)3)22-15-19(11-8-12-19)16-9-6-5-7-10-16;/h4-7,9-10H,1,8,11-15H2,2-3H3,(H2,20,21,22);1H. The van der Waals surface area contributed by atoms with Gasteiger partial charge in [-0.25, -0.2) is 4.99 Å². The fourth-order valence-electron chi connectivity index (χ4n) is 2.85. The van der Waals surface area contributed by atoms with Crippen molar-refractivity contribution in [1.82, 2.24) is 15.5 Å². The second-order valence-corrected chi connectivity index (χ2v) is 6.48. The summed E-state index contributed by atoms with van der Waals surface area (Å²) < 4.78 is 0. The smallest absolute Gasteiger partial charge is 0.243 e. The number of aliphatic imine (C=N–C) groups is 1. The van der Waals surface area contributed by atoms with Crippen LogP contribution in [0.1, 0.15) is 24.8 Å². The Balaban J connectivity index is 0.00000312. The summed E-state index contributed by atoms with van der Waals surface area (Å²) >= 11 is 0. The Morgan fingerprint density at radius 1 is 1.28 bits per heavy atom. The van der Waals surface area contributed by atoms with Crippen LogP contribution in [0.2, 0.25) is 0 Å². The molecule has 1 saturated carbocycles. The first-order valence-corrected chi connectivity index (χ1v) is 8.46. The van der Waals surface area contributed by atoms with E-state index in [-0.39, 0.29) is 41.8 Å². The summed E-state index contributed by atoms with van der Waals surface area (Å²) in [6.07, 6.45) is 5.38. The molecule has 0 heterocycles. The van der Waals surface area contributed by atoms with Crippen molar-refractivity contribution in [2.75, 3.05) is 33.7 Å². The van der Waals surface area contributed by atoms with Gasteiger partial charge in [-0.2, -0.15) is 0 Å². The first kappa shape index (κ1) is 21.5. The van der Waals surface area contributed by atoms with E-state index in [1.54, 1.807) is 25.1 Å². The van der Waals surface area contributed by atoms with Crippen LogP contribution < -0.4 is 10.6 Å². The molecule has 138 valence electrons. The van der Waals surface area contributed by atoms with E-state index in [4.69, 9.17) is 0 Å². The van der Waals surface area contributed by atoms with Crippen LogP contribution in [0, 0.1) is 0 Å². The lowest BCUT2D eigenvalue weighted by molar-refractivity contribution is -0.127. The molecule has 1 aromatic rings. The zero-order chi connectivity index (χ0) is 17.4. The van der Waals surface area contributed by atoms with Gasteiger partial charge < -0.3 is 15.5 Å². The molecule has 25 heavy (non-hydrogen) atoms. The summed E-state index contributed by atoms with van der Waals surface area (Å²) in [5, 5.41) is 6.60. The van der Waals surface area contributed by atoms with E-state index in [0.717, 1.165) is 6.54 Å². The van der Waals surface area contributed by atoms with Gasteiger partial charge in [-0.05, 0) is 18.4 Å². The molecule has 0 spiro atoms. The molecular weight excluding hydrogens is 427 g/mol. The number of likely N-dealkylation sites (N-methyl/N-ethyl adjacent to an activating group) is 1. The molecule has 6 heteroatoms. The molecule has 0 aromatic heterocycles. The van der Waals surface area contributed by atoms with Crippen LogP contribution >= 0.6 is 24.0 Å². The summed E-state index contributed by atoms with van der Waals surface area (Å²) in [7, 11) is 3.47. The molecule has 0 unspecified atom stereocenters. The third-order valence-electron chi connectivity index (χ3n) is 4.58. The minimum Gasteiger partial charge on any atom is -0.355 e. The molecular formula is C19H29IN4O. The SMILES string of the molecule is C=CCNC(=NCC(=O)N(C)C)NCC1(c2ccccc2)CCC1.I. The van der Waals surface area contributed by atoms with Gasteiger partial charge in [0.05, 0.1) is 0 Å². The highest BCUT2D eigenvalue weighted by atomic mass is 127. The lowest BCUT2D eigenvalue weighted by Gasteiger charge is -2.43. The Morgan fingerprint density at radius 3 is 2.48 bits per heavy atom. The number of nitrogens with one attached hydrogen (secondary N) is 2. The summed E-state index contributed by atoms with van der Waals surface area (Å²) in [5.74, 6) is 0.642. The molecule has 1 amide bonds. The van der Waals surface area contributed by atoms with E-state index in [1.807, 2.05) is 0 Å². The lowest BCUT2D eigenvalue weighted by atomic mass is 9.64. The number of hydrogen-bond acceptors (Lipinski definition) is 2. The van der Waals surface area contributed by atoms with Crippen molar-refractivity contribution in [1.29, 1.82) is 0 Å². The van der Waals surface area contributed by atoms with E-state index in [2.05, 4.69) is 52.5 Å². The minimum atomic E-state index is -0.0175. The zero-order valence-electron chi connectivity index (χ0n) is 15.1. The number of nitrogens with zero attached hydrogens (tertiary/aromatic N) is 2. The monoisotopic (exact) mass is 456 g/mol. The van der Waals surface area contributed by atoms with E-state index < -0.39 is 0 Å². The van der Waals surface area contributed by atoms with Crippen molar-refractivity contribution in [3.63, 3.8) is 0 Å². The Bertz CT molecular complexity index is 582. The first-order valence-electron chi connectivity index (χ1n) is 8.46. The molecule has 0 bridgehead atoms. The minimum absolute atomic E-state index is 0. The topological polar surface area (TPSA) is 56.7 Å². The van der Waals surface area contributed by atoms with Crippen LogP contribution in [0.3, 0.4) is 0 Å². The summed E-state index contributed by atoms with van der Waals surface area (Å²) in [4.78, 5) is 17.7. The average Bonchev–Trinajstić information content (AvgIpc) is 2.56. The van der Waals surface area contributed by atoms with Crippen molar-refractivity contribution >= 4 is 35.8 Å². The zero-order valence-corrected chi connectivity index (χ0v) is 17.5. The molecule has 1 aliphatic carbocycles. The van der Waals surface area contributed by atoms with Crippen LogP contribution in [-0.2, 0) is 10.2 Å². The highest BCUT2D eigenvalue weighted by Gasteiger charge is 2.38. The summed E-state index contributed by atoms with van der Waals surface area (Å²) in [6, 6.07) is 10.6. The Labute approximate surface area is 168 Å². The van der Waals surface area contributed by atoms with Crippen molar-refractivity contribution in [2.45, 2.75) is 24.7 Å². The number of hydrogen-bond donors (Lipinski definition) is 2. The molecule has 0 radical (unpaired) electrons. The predicted molar refractivity (Wildman–Crippen MR) is 115 cm³/mol. The van der Waals surface area contributed by atoms with Crippen LogP contribution in [0.4, 0.5) is 0 Å². The maximum absolute atomic E-state index is 11.8. The quantitative estimate of drug-likeness (QED) is 0.287. The first-order chi connectivity index (χ1) is 11.6. The number of halogens is 1. The second-order valence-electron chi connectivity index (χ2n) is 6.48. The number of amides is 1. The summed E-state index contributed by atoms with van der Waals surface area (Å²) in [5.41, 5.74) is 1.54. The van der Waals surface area contributed by atoms with Crippen molar-refractivity contribution in [3.05, 3.63) is 48.6 Å². The number of carbonyl (C=O) groups excluding carboxylic acids is 1. The van der Waals surface area contributed by atoms with Gasteiger partial charge in [0, 0.05) is 32.6 Å². The number of benzene rings is 1. The fourth-order valence-corrected chi connectivity index (χ4v) is 2.85. The van der Waals surface area contributed by atoms with E-state index in [9.17, 15) is 4.79 Å². The van der Waals surface area contributed by atoms with Gasteiger partial charge in [0.25, 0.3) is 0 Å². The van der Waals surface area contributed by atoms with Gasteiger partial charge >= 0.3 is 0 Å². The largest absolute Gasteiger partial charge is 0.355 e. The van der Waals surface area contributed by atoms with Crippen molar-refractivity contribution in [2.24, 2.45) is 4.99 Å². The normalized spacial score (nSPS) is 15.4. The number of rotatable bonds is 7. The van der Waals surface area contributed by atoms with E-state index in [0.29, 0.717) is 12.5 Å². The third kappa shape index (κ3) is 6.02. The average molecular weight is 456 g/mol.